The standard InChI is InChI=1S/C15H20N2O4/c18-14(9-16-11-5-1-2-6-11)17-12-7-3-4-8-13(12)21-10-15(19)20/h3-4,7-8,11,16H,1-2,5-6,9-10H2,(H,17,18)(H,19,20). The highest BCUT2D eigenvalue weighted by Crippen LogP contribution is 2.23. The Morgan fingerprint density at radius 2 is 1.95 bits per heavy atom. The van der Waals surface area contributed by atoms with E-state index in [1.807, 2.05) is 0 Å². The first-order chi connectivity index (χ1) is 10.1. The van der Waals surface area contributed by atoms with Crippen LogP contribution in [0, 0.1) is 0 Å². The summed E-state index contributed by atoms with van der Waals surface area (Å²) in [7, 11) is 0. The van der Waals surface area contributed by atoms with Crippen molar-refractivity contribution in [2.75, 3.05) is 18.5 Å². The molecule has 1 aliphatic rings. The summed E-state index contributed by atoms with van der Waals surface area (Å²) in [5.74, 6) is -0.860. The van der Waals surface area contributed by atoms with E-state index in [1.54, 1.807) is 24.3 Å². The number of hydrogen-bond donors (Lipinski definition) is 3. The SMILES string of the molecule is O=C(O)COc1ccccc1NC(=O)CNC1CCCC1. The van der Waals surface area contributed by atoms with Gasteiger partial charge in [-0.05, 0) is 25.0 Å². The Balaban J connectivity index is 1.85. The normalized spacial score (nSPS) is 14.9. The third-order valence-corrected chi connectivity index (χ3v) is 3.42. The number of amides is 1. The molecule has 0 bridgehead atoms. The lowest BCUT2D eigenvalue weighted by Gasteiger charge is -2.13. The molecule has 0 radical (unpaired) electrons. The van der Waals surface area contributed by atoms with Crippen LogP contribution in [0.5, 0.6) is 5.75 Å². The highest BCUT2D eigenvalue weighted by Gasteiger charge is 2.16. The molecule has 21 heavy (non-hydrogen) atoms. The van der Waals surface area contributed by atoms with Crippen LogP contribution in [-0.4, -0.2) is 36.2 Å². The third kappa shape index (κ3) is 5.07. The van der Waals surface area contributed by atoms with Gasteiger partial charge in [0.2, 0.25) is 5.91 Å². The summed E-state index contributed by atoms with van der Waals surface area (Å²) in [6.45, 7) is -0.189. The van der Waals surface area contributed by atoms with Gasteiger partial charge < -0.3 is 20.5 Å². The van der Waals surface area contributed by atoms with E-state index in [9.17, 15) is 9.59 Å². The Morgan fingerprint density at radius 1 is 1.24 bits per heavy atom. The van der Waals surface area contributed by atoms with Crippen molar-refractivity contribution >= 4 is 17.6 Å². The summed E-state index contributed by atoms with van der Waals surface area (Å²) in [6, 6.07) is 7.22. The molecule has 6 heteroatoms. The minimum atomic E-state index is -1.06. The first kappa shape index (κ1) is 15.3. The van der Waals surface area contributed by atoms with E-state index in [2.05, 4.69) is 10.6 Å². The summed E-state index contributed by atoms with van der Waals surface area (Å²) >= 11 is 0. The zero-order valence-electron chi connectivity index (χ0n) is 11.8. The number of carbonyl (C=O) groups is 2. The Labute approximate surface area is 123 Å². The molecule has 2 rings (SSSR count). The topological polar surface area (TPSA) is 87.7 Å². The van der Waals surface area contributed by atoms with Crippen LogP contribution in [-0.2, 0) is 9.59 Å². The molecular weight excluding hydrogens is 272 g/mol. The molecule has 1 aromatic rings. The second-order valence-electron chi connectivity index (χ2n) is 5.09. The van der Waals surface area contributed by atoms with Gasteiger partial charge in [-0.1, -0.05) is 25.0 Å². The summed E-state index contributed by atoms with van der Waals surface area (Å²) in [6.07, 6.45) is 4.66. The fourth-order valence-electron chi connectivity index (χ4n) is 2.40. The molecule has 0 spiro atoms. The maximum atomic E-state index is 11.9. The number of aliphatic carboxylic acids is 1. The molecule has 0 aromatic heterocycles. The first-order valence-electron chi connectivity index (χ1n) is 7.12. The van der Waals surface area contributed by atoms with Crippen LogP contribution in [0.2, 0.25) is 0 Å². The van der Waals surface area contributed by atoms with E-state index < -0.39 is 12.6 Å². The lowest BCUT2D eigenvalue weighted by molar-refractivity contribution is -0.139. The van der Waals surface area contributed by atoms with Crippen molar-refractivity contribution in [2.24, 2.45) is 0 Å². The highest BCUT2D eigenvalue weighted by molar-refractivity contribution is 5.93. The Bertz CT molecular complexity index is 498. The van der Waals surface area contributed by atoms with Crippen LogP contribution in [0.15, 0.2) is 24.3 Å². The molecule has 0 aliphatic heterocycles. The number of ether oxygens (including phenoxy) is 1. The molecule has 114 valence electrons. The number of nitrogens with one attached hydrogen (secondary N) is 2. The van der Waals surface area contributed by atoms with Crippen molar-refractivity contribution < 1.29 is 19.4 Å². The fourth-order valence-corrected chi connectivity index (χ4v) is 2.40. The molecule has 1 amide bonds. The Morgan fingerprint density at radius 3 is 2.67 bits per heavy atom. The van der Waals surface area contributed by atoms with Gasteiger partial charge in [-0.25, -0.2) is 4.79 Å². The van der Waals surface area contributed by atoms with Gasteiger partial charge in [0, 0.05) is 6.04 Å². The van der Waals surface area contributed by atoms with E-state index in [0.29, 0.717) is 17.5 Å². The van der Waals surface area contributed by atoms with Crippen LogP contribution in [0.1, 0.15) is 25.7 Å². The van der Waals surface area contributed by atoms with E-state index in [-0.39, 0.29) is 12.5 Å². The van der Waals surface area contributed by atoms with Crippen molar-refractivity contribution in [2.45, 2.75) is 31.7 Å². The number of carboxylic acid groups (broad SMARTS) is 1. The van der Waals surface area contributed by atoms with Crippen molar-refractivity contribution in [3.05, 3.63) is 24.3 Å². The molecule has 1 aromatic carbocycles. The molecule has 3 N–H and O–H groups in total. The summed E-state index contributed by atoms with van der Waals surface area (Å²) in [4.78, 5) is 22.4. The lowest BCUT2D eigenvalue weighted by Crippen LogP contribution is -2.34. The fraction of sp³-hybridized carbons (Fsp3) is 0.467. The average Bonchev–Trinajstić information content (AvgIpc) is 2.97. The van der Waals surface area contributed by atoms with Gasteiger partial charge in [-0.2, -0.15) is 0 Å². The van der Waals surface area contributed by atoms with Gasteiger partial charge in [0.15, 0.2) is 6.61 Å². The number of carboxylic acids is 1. The zero-order chi connectivity index (χ0) is 15.1. The summed E-state index contributed by atoms with van der Waals surface area (Å²) < 4.78 is 5.14. The number of benzene rings is 1. The van der Waals surface area contributed by atoms with Crippen molar-refractivity contribution in [1.82, 2.24) is 5.32 Å². The van der Waals surface area contributed by atoms with Crippen LogP contribution in [0.3, 0.4) is 0 Å². The largest absolute Gasteiger partial charge is 0.480 e. The lowest BCUT2D eigenvalue weighted by atomic mass is 10.2. The molecule has 1 saturated carbocycles. The number of para-hydroxylation sites is 2. The van der Waals surface area contributed by atoms with Gasteiger partial charge in [0.05, 0.1) is 12.2 Å². The second kappa shape index (κ2) is 7.64. The average molecular weight is 292 g/mol. The predicted octanol–water partition coefficient (Wildman–Crippen LogP) is 1.62. The highest BCUT2D eigenvalue weighted by atomic mass is 16.5. The number of anilines is 1. The van der Waals surface area contributed by atoms with Gasteiger partial charge in [0.25, 0.3) is 0 Å². The first-order valence-corrected chi connectivity index (χ1v) is 7.12. The quantitative estimate of drug-likeness (QED) is 0.711. The molecule has 1 fully saturated rings. The van der Waals surface area contributed by atoms with E-state index in [0.717, 1.165) is 12.8 Å². The van der Waals surface area contributed by atoms with Gasteiger partial charge in [0.1, 0.15) is 5.75 Å². The minimum absolute atomic E-state index is 0.159. The Hall–Kier alpha value is -2.08. The van der Waals surface area contributed by atoms with Crippen molar-refractivity contribution in [3.63, 3.8) is 0 Å². The molecular formula is C15H20N2O4. The molecule has 0 saturated heterocycles. The second-order valence-corrected chi connectivity index (χ2v) is 5.09. The summed E-state index contributed by atoms with van der Waals surface area (Å²) in [5, 5.41) is 14.6. The van der Waals surface area contributed by atoms with Crippen LogP contribution < -0.4 is 15.4 Å². The van der Waals surface area contributed by atoms with E-state index in [1.165, 1.54) is 12.8 Å². The van der Waals surface area contributed by atoms with Gasteiger partial charge in [-0.3, -0.25) is 4.79 Å². The maximum absolute atomic E-state index is 11.9. The molecule has 6 nitrogen and oxygen atoms in total. The maximum Gasteiger partial charge on any atom is 0.341 e. The van der Waals surface area contributed by atoms with E-state index in [4.69, 9.17) is 9.84 Å². The number of carbonyl (C=O) groups excluding carboxylic acids is 1. The summed E-state index contributed by atoms with van der Waals surface area (Å²) in [5.41, 5.74) is 0.483. The van der Waals surface area contributed by atoms with Crippen molar-refractivity contribution in [3.8, 4) is 5.75 Å². The van der Waals surface area contributed by atoms with Crippen LogP contribution >= 0.6 is 0 Å². The van der Waals surface area contributed by atoms with Crippen LogP contribution in [0.4, 0.5) is 5.69 Å². The van der Waals surface area contributed by atoms with Crippen LogP contribution in [0.25, 0.3) is 0 Å². The zero-order valence-corrected chi connectivity index (χ0v) is 11.8. The number of rotatable bonds is 7. The molecule has 0 unspecified atom stereocenters. The molecule has 1 aliphatic carbocycles. The Kier molecular flexibility index (Phi) is 5.57. The van der Waals surface area contributed by atoms with E-state index >= 15 is 0 Å². The smallest absolute Gasteiger partial charge is 0.341 e. The van der Waals surface area contributed by atoms with Gasteiger partial charge >= 0.3 is 5.97 Å². The third-order valence-electron chi connectivity index (χ3n) is 3.42. The number of hydrogen-bond acceptors (Lipinski definition) is 4. The molecule has 0 heterocycles. The predicted molar refractivity (Wildman–Crippen MR) is 78.5 cm³/mol. The minimum Gasteiger partial charge on any atom is -0.480 e. The monoisotopic (exact) mass is 292 g/mol. The van der Waals surface area contributed by atoms with Crippen molar-refractivity contribution in [1.29, 1.82) is 0 Å². The molecule has 0 atom stereocenters. The van der Waals surface area contributed by atoms with Gasteiger partial charge in [-0.15, -0.1) is 0 Å².